The summed E-state index contributed by atoms with van der Waals surface area (Å²) >= 11 is 2.12. The summed E-state index contributed by atoms with van der Waals surface area (Å²) in [5.74, 6) is 0. The standard InChI is InChI=1S/C7H13IO2.C6H15N/c1-6(2)4-10-5-7(9)3-8;1-4-7(5-2)6-3/h7,9H,1,3-5H2,2H3;4-6H2,1-3H3. The van der Waals surface area contributed by atoms with Gasteiger partial charge in [-0.1, -0.05) is 55.5 Å². The number of alkyl halides is 1. The number of hydrogen-bond acceptors (Lipinski definition) is 3. The summed E-state index contributed by atoms with van der Waals surface area (Å²) in [5, 5.41) is 9.01. The third-order valence-electron chi connectivity index (χ3n) is 2.18. The number of halogens is 1. The zero-order chi connectivity index (χ0) is 13.7. The Morgan fingerprint density at radius 1 is 1.29 bits per heavy atom. The second kappa shape index (κ2) is 14.4. The molecule has 0 radical (unpaired) electrons. The van der Waals surface area contributed by atoms with Gasteiger partial charge in [0.1, 0.15) is 0 Å². The van der Waals surface area contributed by atoms with E-state index in [1.54, 1.807) is 0 Å². The van der Waals surface area contributed by atoms with Gasteiger partial charge in [-0.05, 0) is 26.6 Å². The Kier molecular flexibility index (Phi) is 16.7. The summed E-state index contributed by atoms with van der Waals surface area (Å²) < 4.78 is 5.81. The number of ether oxygens (including phenoxy) is 1. The highest BCUT2D eigenvalue weighted by Gasteiger charge is 1.99. The van der Waals surface area contributed by atoms with E-state index in [2.05, 4.69) is 54.8 Å². The fourth-order valence-corrected chi connectivity index (χ4v) is 1.34. The van der Waals surface area contributed by atoms with Gasteiger partial charge in [-0.15, -0.1) is 0 Å². The Bertz CT molecular complexity index is 167. The molecule has 0 spiro atoms. The second-order valence-corrected chi connectivity index (χ2v) is 4.78. The molecule has 1 atom stereocenters. The maximum atomic E-state index is 9.01. The van der Waals surface area contributed by atoms with Crippen LogP contribution in [0.3, 0.4) is 0 Å². The van der Waals surface area contributed by atoms with Gasteiger partial charge in [-0.25, -0.2) is 0 Å². The van der Waals surface area contributed by atoms with Gasteiger partial charge in [0, 0.05) is 4.43 Å². The van der Waals surface area contributed by atoms with Crippen molar-refractivity contribution in [2.45, 2.75) is 33.8 Å². The van der Waals surface area contributed by atoms with E-state index in [1.165, 1.54) is 19.6 Å². The Hall–Kier alpha value is 0.350. The van der Waals surface area contributed by atoms with Crippen LogP contribution in [0.1, 0.15) is 27.7 Å². The van der Waals surface area contributed by atoms with Crippen LogP contribution in [0.15, 0.2) is 12.2 Å². The predicted molar refractivity (Wildman–Crippen MR) is 84.0 cm³/mol. The minimum absolute atomic E-state index is 0.333. The van der Waals surface area contributed by atoms with Crippen molar-refractivity contribution >= 4 is 22.6 Å². The average Bonchev–Trinajstić information content (AvgIpc) is 2.31. The minimum Gasteiger partial charge on any atom is -0.390 e. The number of nitrogens with zero attached hydrogens (tertiary/aromatic N) is 1. The molecule has 104 valence electrons. The van der Waals surface area contributed by atoms with Crippen molar-refractivity contribution in [3.63, 3.8) is 0 Å². The summed E-state index contributed by atoms with van der Waals surface area (Å²) in [6, 6.07) is 0. The van der Waals surface area contributed by atoms with E-state index in [9.17, 15) is 0 Å². The zero-order valence-electron chi connectivity index (χ0n) is 11.7. The van der Waals surface area contributed by atoms with E-state index in [1.807, 2.05) is 6.92 Å². The highest BCUT2D eigenvalue weighted by atomic mass is 127. The highest BCUT2D eigenvalue weighted by Crippen LogP contribution is 1.94. The first-order valence-electron chi connectivity index (χ1n) is 6.20. The van der Waals surface area contributed by atoms with Crippen LogP contribution in [-0.2, 0) is 4.74 Å². The molecule has 0 aliphatic heterocycles. The largest absolute Gasteiger partial charge is 0.390 e. The summed E-state index contributed by atoms with van der Waals surface area (Å²) in [6.45, 7) is 16.7. The molecule has 1 N–H and O–H groups in total. The lowest BCUT2D eigenvalue weighted by Crippen LogP contribution is -2.21. The lowest BCUT2D eigenvalue weighted by molar-refractivity contribution is 0.0612. The number of hydrogen-bond donors (Lipinski definition) is 1. The molecule has 0 bridgehead atoms. The van der Waals surface area contributed by atoms with Crippen molar-refractivity contribution in [3.05, 3.63) is 12.2 Å². The topological polar surface area (TPSA) is 32.7 Å². The first-order chi connectivity index (χ1) is 8.01. The van der Waals surface area contributed by atoms with Gasteiger partial charge >= 0.3 is 0 Å². The molecule has 17 heavy (non-hydrogen) atoms. The average molecular weight is 357 g/mol. The predicted octanol–water partition coefficient (Wildman–Crippen LogP) is 2.72. The number of rotatable bonds is 8. The molecule has 0 amide bonds. The van der Waals surface area contributed by atoms with Crippen LogP contribution < -0.4 is 0 Å². The van der Waals surface area contributed by atoms with E-state index in [4.69, 9.17) is 9.84 Å². The number of aliphatic hydroxyl groups excluding tert-OH is 1. The summed E-state index contributed by atoms with van der Waals surface area (Å²) in [6.07, 6.45) is -0.333. The van der Waals surface area contributed by atoms with E-state index >= 15 is 0 Å². The third-order valence-corrected chi connectivity index (χ3v) is 3.20. The van der Waals surface area contributed by atoms with Gasteiger partial charge in [0.2, 0.25) is 0 Å². The Labute approximate surface area is 120 Å². The molecule has 0 aromatic rings. The van der Waals surface area contributed by atoms with E-state index in [0.717, 1.165) is 5.57 Å². The molecule has 1 unspecified atom stereocenters. The fraction of sp³-hybridized carbons (Fsp3) is 0.846. The molecular weight excluding hydrogens is 329 g/mol. The van der Waals surface area contributed by atoms with Crippen molar-refractivity contribution < 1.29 is 9.84 Å². The van der Waals surface area contributed by atoms with Crippen LogP contribution in [0, 0.1) is 0 Å². The van der Waals surface area contributed by atoms with Gasteiger partial charge in [0.15, 0.2) is 0 Å². The van der Waals surface area contributed by atoms with Crippen LogP contribution in [-0.4, -0.2) is 53.4 Å². The first kappa shape index (κ1) is 19.7. The van der Waals surface area contributed by atoms with Crippen LogP contribution >= 0.6 is 22.6 Å². The molecular formula is C13H28INO2. The second-order valence-electron chi connectivity index (χ2n) is 3.90. The molecule has 0 aromatic heterocycles. The molecule has 0 rings (SSSR count). The van der Waals surface area contributed by atoms with Gasteiger partial charge in [0.25, 0.3) is 0 Å². The van der Waals surface area contributed by atoms with Crippen LogP contribution in [0.25, 0.3) is 0 Å². The monoisotopic (exact) mass is 357 g/mol. The third kappa shape index (κ3) is 16.4. The Morgan fingerprint density at radius 3 is 2.00 bits per heavy atom. The molecule has 4 heteroatoms. The fourth-order valence-electron chi connectivity index (χ4n) is 1.08. The molecule has 0 saturated carbocycles. The summed E-state index contributed by atoms with van der Waals surface area (Å²) in [4.78, 5) is 2.38. The van der Waals surface area contributed by atoms with Crippen LogP contribution in [0.4, 0.5) is 0 Å². The van der Waals surface area contributed by atoms with E-state index < -0.39 is 0 Å². The maximum absolute atomic E-state index is 9.01. The normalized spacial score (nSPS) is 11.9. The van der Waals surface area contributed by atoms with Crippen LogP contribution in [0.2, 0.25) is 0 Å². The van der Waals surface area contributed by atoms with Gasteiger partial charge in [-0.2, -0.15) is 0 Å². The smallest absolute Gasteiger partial charge is 0.0862 e. The van der Waals surface area contributed by atoms with Crippen molar-refractivity contribution in [1.82, 2.24) is 4.90 Å². The molecule has 3 nitrogen and oxygen atoms in total. The lowest BCUT2D eigenvalue weighted by Gasteiger charge is -2.13. The number of aliphatic hydroxyl groups is 1. The summed E-state index contributed by atoms with van der Waals surface area (Å²) in [7, 11) is 0. The Balaban J connectivity index is 0. The highest BCUT2D eigenvalue weighted by molar-refractivity contribution is 14.1. The molecule has 0 aliphatic rings. The zero-order valence-corrected chi connectivity index (χ0v) is 13.9. The van der Waals surface area contributed by atoms with Crippen molar-refractivity contribution in [2.75, 3.05) is 37.3 Å². The molecule has 0 saturated heterocycles. The summed E-state index contributed by atoms with van der Waals surface area (Å²) in [5.41, 5.74) is 0.987. The molecule has 0 aromatic carbocycles. The Morgan fingerprint density at radius 2 is 1.76 bits per heavy atom. The molecule has 0 fully saturated rings. The SMILES string of the molecule is C=C(C)COCC(O)CI.CCN(CC)CC. The minimum atomic E-state index is -0.333. The van der Waals surface area contributed by atoms with Crippen LogP contribution in [0.5, 0.6) is 0 Å². The van der Waals surface area contributed by atoms with Crippen molar-refractivity contribution in [2.24, 2.45) is 0 Å². The van der Waals surface area contributed by atoms with Crippen molar-refractivity contribution in [1.29, 1.82) is 0 Å². The first-order valence-corrected chi connectivity index (χ1v) is 7.72. The lowest BCUT2D eigenvalue weighted by atomic mass is 10.4. The van der Waals surface area contributed by atoms with Crippen molar-refractivity contribution in [3.8, 4) is 0 Å². The molecule has 0 heterocycles. The van der Waals surface area contributed by atoms with E-state index in [-0.39, 0.29) is 6.10 Å². The van der Waals surface area contributed by atoms with Gasteiger partial charge in [-0.3, -0.25) is 0 Å². The maximum Gasteiger partial charge on any atom is 0.0862 e. The van der Waals surface area contributed by atoms with E-state index in [0.29, 0.717) is 17.6 Å². The van der Waals surface area contributed by atoms with Gasteiger partial charge in [0.05, 0.1) is 19.3 Å². The molecule has 0 aliphatic carbocycles. The van der Waals surface area contributed by atoms with Gasteiger partial charge < -0.3 is 14.7 Å². The quantitative estimate of drug-likeness (QED) is 0.412.